The Morgan fingerprint density at radius 2 is 1.92 bits per heavy atom. The molecular weight excluding hydrogens is 220 g/mol. The van der Waals surface area contributed by atoms with Gasteiger partial charge in [-0.1, -0.05) is 34.8 Å². The van der Waals surface area contributed by atoms with Gasteiger partial charge < -0.3 is 5.11 Å². The maximum atomic E-state index is 9.17. The summed E-state index contributed by atoms with van der Waals surface area (Å²) in [4.78, 5) is 3.82. The largest absolute Gasteiger partial charge is 0.387 e. The third-order valence-corrected chi connectivity index (χ3v) is 2.29. The maximum Gasteiger partial charge on any atom is 0.148 e. The van der Waals surface area contributed by atoms with Crippen molar-refractivity contribution in [2.45, 2.75) is 13.0 Å². The molecule has 0 radical (unpaired) electrons. The number of hydrogen-bond donors (Lipinski definition) is 1. The van der Waals surface area contributed by atoms with E-state index in [1.165, 1.54) is 6.07 Å². The molecule has 0 aliphatic rings. The van der Waals surface area contributed by atoms with Crippen molar-refractivity contribution in [2.75, 3.05) is 0 Å². The highest BCUT2D eigenvalue weighted by Crippen LogP contribution is 2.28. The standard InChI is InChI=1S/C7H6Cl3NO/c1-3(12)6-4(8)2-5(9)7(10)11-6/h2-3,12H,1H3. The molecule has 0 aromatic carbocycles. The Morgan fingerprint density at radius 3 is 2.42 bits per heavy atom. The topological polar surface area (TPSA) is 33.1 Å². The molecular formula is C7H6Cl3NO. The van der Waals surface area contributed by atoms with E-state index in [4.69, 9.17) is 34.8 Å². The van der Waals surface area contributed by atoms with E-state index in [1.54, 1.807) is 6.92 Å². The van der Waals surface area contributed by atoms with Crippen molar-refractivity contribution in [3.05, 3.63) is 27.0 Å². The first-order chi connectivity index (χ1) is 5.52. The molecule has 0 spiro atoms. The van der Waals surface area contributed by atoms with Crippen LogP contribution in [-0.2, 0) is 0 Å². The van der Waals surface area contributed by atoms with Crippen molar-refractivity contribution in [1.82, 2.24) is 4.98 Å². The second kappa shape index (κ2) is 3.79. The summed E-state index contributed by atoms with van der Waals surface area (Å²) in [5, 5.41) is 9.92. The Morgan fingerprint density at radius 1 is 1.33 bits per heavy atom. The third kappa shape index (κ3) is 2.02. The average Bonchev–Trinajstić information content (AvgIpc) is 1.96. The molecule has 0 aliphatic carbocycles. The van der Waals surface area contributed by atoms with Crippen LogP contribution in [0.25, 0.3) is 0 Å². The van der Waals surface area contributed by atoms with Crippen molar-refractivity contribution in [3.63, 3.8) is 0 Å². The minimum absolute atomic E-state index is 0.150. The zero-order chi connectivity index (χ0) is 9.30. The summed E-state index contributed by atoms with van der Waals surface area (Å²) in [7, 11) is 0. The number of halogens is 3. The molecule has 1 atom stereocenters. The number of aromatic nitrogens is 1. The van der Waals surface area contributed by atoms with Gasteiger partial charge in [0, 0.05) is 0 Å². The molecule has 0 fully saturated rings. The summed E-state index contributed by atoms with van der Waals surface area (Å²) in [6.45, 7) is 1.55. The highest BCUT2D eigenvalue weighted by Gasteiger charge is 2.11. The fourth-order valence-electron chi connectivity index (χ4n) is 0.750. The second-order valence-corrected chi connectivity index (χ2v) is 3.48. The van der Waals surface area contributed by atoms with E-state index in [0.29, 0.717) is 10.7 Å². The van der Waals surface area contributed by atoms with Crippen LogP contribution < -0.4 is 0 Å². The number of aliphatic hydroxyl groups excluding tert-OH is 1. The minimum Gasteiger partial charge on any atom is -0.387 e. The van der Waals surface area contributed by atoms with Crippen LogP contribution in [0.2, 0.25) is 15.2 Å². The number of nitrogens with zero attached hydrogens (tertiary/aromatic N) is 1. The van der Waals surface area contributed by atoms with Crippen molar-refractivity contribution < 1.29 is 5.11 Å². The van der Waals surface area contributed by atoms with E-state index < -0.39 is 6.10 Å². The number of aliphatic hydroxyl groups is 1. The lowest BCUT2D eigenvalue weighted by atomic mass is 10.2. The first-order valence-electron chi connectivity index (χ1n) is 3.22. The zero-order valence-corrected chi connectivity index (χ0v) is 8.45. The second-order valence-electron chi connectivity index (χ2n) is 2.30. The summed E-state index contributed by atoms with van der Waals surface area (Å²) in [6.07, 6.45) is -0.743. The van der Waals surface area contributed by atoms with Crippen LogP contribution in [-0.4, -0.2) is 10.1 Å². The molecule has 5 heteroatoms. The van der Waals surface area contributed by atoms with Crippen LogP contribution in [0.1, 0.15) is 18.7 Å². The van der Waals surface area contributed by atoms with Crippen molar-refractivity contribution in [2.24, 2.45) is 0 Å². The lowest BCUT2D eigenvalue weighted by molar-refractivity contribution is 0.194. The van der Waals surface area contributed by atoms with Gasteiger partial charge in [0.2, 0.25) is 0 Å². The number of hydrogen-bond acceptors (Lipinski definition) is 2. The Bertz CT molecular complexity index is 301. The van der Waals surface area contributed by atoms with Crippen LogP contribution in [0.3, 0.4) is 0 Å². The van der Waals surface area contributed by atoms with Crippen LogP contribution in [0.5, 0.6) is 0 Å². The summed E-state index contributed by atoms with van der Waals surface area (Å²) >= 11 is 17.0. The zero-order valence-electron chi connectivity index (χ0n) is 6.18. The summed E-state index contributed by atoms with van der Waals surface area (Å²) in [6, 6.07) is 1.46. The molecule has 0 saturated carbocycles. The highest BCUT2D eigenvalue weighted by molar-refractivity contribution is 6.42. The van der Waals surface area contributed by atoms with Crippen LogP contribution in [0, 0.1) is 0 Å². The fourth-order valence-corrected chi connectivity index (χ4v) is 1.41. The van der Waals surface area contributed by atoms with E-state index >= 15 is 0 Å². The molecule has 0 amide bonds. The molecule has 66 valence electrons. The molecule has 1 unspecified atom stereocenters. The molecule has 12 heavy (non-hydrogen) atoms. The molecule has 0 saturated heterocycles. The lowest BCUT2D eigenvalue weighted by Gasteiger charge is -2.06. The first-order valence-corrected chi connectivity index (χ1v) is 4.35. The monoisotopic (exact) mass is 225 g/mol. The minimum atomic E-state index is -0.743. The number of rotatable bonds is 1. The molecule has 1 aromatic rings. The van der Waals surface area contributed by atoms with Gasteiger partial charge in [0.05, 0.1) is 21.8 Å². The summed E-state index contributed by atoms with van der Waals surface area (Å²) < 4.78 is 0. The van der Waals surface area contributed by atoms with Gasteiger partial charge in [-0.05, 0) is 13.0 Å². The van der Waals surface area contributed by atoms with Gasteiger partial charge in [-0.25, -0.2) is 4.98 Å². The van der Waals surface area contributed by atoms with Crippen LogP contribution in [0.4, 0.5) is 0 Å². The Labute approximate surface area is 85.1 Å². The fraction of sp³-hybridized carbons (Fsp3) is 0.286. The molecule has 0 bridgehead atoms. The van der Waals surface area contributed by atoms with Crippen molar-refractivity contribution in [3.8, 4) is 0 Å². The predicted octanol–water partition coefficient (Wildman–Crippen LogP) is 3.10. The summed E-state index contributed by atoms with van der Waals surface area (Å²) in [5.74, 6) is 0. The third-order valence-electron chi connectivity index (χ3n) is 1.31. The van der Waals surface area contributed by atoms with Crippen LogP contribution >= 0.6 is 34.8 Å². The molecule has 1 heterocycles. The van der Waals surface area contributed by atoms with Crippen molar-refractivity contribution in [1.29, 1.82) is 0 Å². The molecule has 0 aliphatic heterocycles. The lowest BCUT2D eigenvalue weighted by Crippen LogP contribution is -1.97. The smallest absolute Gasteiger partial charge is 0.148 e. The molecule has 2 nitrogen and oxygen atoms in total. The first kappa shape index (κ1) is 10.1. The van der Waals surface area contributed by atoms with Gasteiger partial charge in [-0.15, -0.1) is 0 Å². The average molecular weight is 226 g/mol. The Kier molecular flexibility index (Phi) is 3.18. The molecule has 1 rings (SSSR count). The maximum absolute atomic E-state index is 9.17. The predicted molar refractivity (Wildman–Crippen MR) is 49.9 cm³/mol. The van der Waals surface area contributed by atoms with Gasteiger partial charge >= 0.3 is 0 Å². The van der Waals surface area contributed by atoms with Crippen molar-refractivity contribution >= 4 is 34.8 Å². The van der Waals surface area contributed by atoms with Gasteiger partial charge in [0.25, 0.3) is 0 Å². The Balaban J connectivity index is 3.23. The van der Waals surface area contributed by atoms with E-state index in [9.17, 15) is 5.11 Å². The van der Waals surface area contributed by atoms with Gasteiger partial charge in [-0.3, -0.25) is 0 Å². The normalized spacial score (nSPS) is 13.1. The van der Waals surface area contributed by atoms with Gasteiger partial charge in [-0.2, -0.15) is 0 Å². The molecule has 1 N–H and O–H groups in total. The van der Waals surface area contributed by atoms with Gasteiger partial charge in [0.1, 0.15) is 5.15 Å². The van der Waals surface area contributed by atoms with Gasteiger partial charge in [0.15, 0.2) is 0 Å². The SMILES string of the molecule is CC(O)c1nc(Cl)c(Cl)cc1Cl. The Hall–Kier alpha value is -0.0200. The number of pyridine rings is 1. The quantitative estimate of drug-likeness (QED) is 0.747. The van der Waals surface area contributed by atoms with E-state index in [1.807, 2.05) is 0 Å². The highest BCUT2D eigenvalue weighted by atomic mass is 35.5. The van der Waals surface area contributed by atoms with E-state index in [-0.39, 0.29) is 10.2 Å². The van der Waals surface area contributed by atoms with E-state index in [2.05, 4.69) is 4.98 Å². The summed E-state index contributed by atoms with van der Waals surface area (Å²) in [5.41, 5.74) is 0.339. The van der Waals surface area contributed by atoms with Crippen LogP contribution in [0.15, 0.2) is 6.07 Å². The van der Waals surface area contributed by atoms with E-state index in [0.717, 1.165) is 0 Å². The molecule has 1 aromatic heterocycles.